The Morgan fingerprint density at radius 2 is 1.78 bits per heavy atom. The van der Waals surface area contributed by atoms with E-state index in [1.807, 2.05) is 42.5 Å². The second-order valence-corrected chi connectivity index (χ2v) is 7.18. The highest BCUT2D eigenvalue weighted by Crippen LogP contribution is 2.33. The largest absolute Gasteiger partial charge is 0.389 e. The molecule has 1 aromatic carbocycles. The number of hydrogen-bond acceptors (Lipinski definition) is 6. The molecular weight excluding hydrogens is 356 g/mol. The van der Waals surface area contributed by atoms with E-state index in [-0.39, 0.29) is 0 Å². The van der Waals surface area contributed by atoms with E-state index in [2.05, 4.69) is 32.4 Å². The van der Waals surface area contributed by atoms with Crippen molar-refractivity contribution in [1.29, 1.82) is 0 Å². The van der Waals surface area contributed by atoms with Crippen molar-refractivity contribution in [3.63, 3.8) is 0 Å². The molecule has 0 aliphatic rings. The number of hydrogen-bond donors (Lipinski definition) is 2. The highest BCUT2D eigenvalue weighted by Gasteiger charge is 2.08. The van der Waals surface area contributed by atoms with Crippen molar-refractivity contribution in [3.8, 4) is 21.0 Å². The van der Waals surface area contributed by atoms with E-state index in [0.717, 1.165) is 27.4 Å². The van der Waals surface area contributed by atoms with Crippen LogP contribution in [0.5, 0.6) is 0 Å². The van der Waals surface area contributed by atoms with Crippen molar-refractivity contribution >= 4 is 23.0 Å². The van der Waals surface area contributed by atoms with Gasteiger partial charge in [0.1, 0.15) is 0 Å². The summed E-state index contributed by atoms with van der Waals surface area (Å²) >= 11 is 1.68. The lowest BCUT2D eigenvalue weighted by Crippen LogP contribution is -1.99. The Morgan fingerprint density at radius 3 is 2.59 bits per heavy atom. The minimum Gasteiger partial charge on any atom is -0.389 e. The van der Waals surface area contributed by atoms with Crippen LogP contribution in [0.25, 0.3) is 21.0 Å². The van der Waals surface area contributed by atoms with Gasteiger partial charge in [0.15, 0.2) is 0 Å². The van der Waals surface area contributed by atoms with Crippen LogP contribution < -0.4 is 5.32 Å². The lowest BCUT2D eigenvalue weighted by atomic mass is 10.1. The SMILES string of the molecule is CC(O)c1cccc(Nc2nccc(-c3ccc(-c4ccncc4)s3)n2)c1. The summed E-state index contributed by atoms with van der Waals surface area (Å²) in [4.78, 5) is 15.3. The monoisotopic (exact) mass is 374 g/mol. The third-order valence-corrected chi connectivity index (χ3v) is 5.26. The molecule has 5 nitrogen and oxygen atoms in total. The minimum absolute atomic E-state index is 0.517. The van der Waals surface area contributed by atoms with Crippen LogP contribution in [0.3, 0.4) is 0 Å². The van der Waals surface area contributed by atoms with E-state index in [4.69, 9.17) is 0 Å². The van der Waals surface area contributed by atoms with Gasteiger partial charge in [0.2, 0.25) is 5.95 Å². The molecule has 0 aliphatic heterocycles. The molecule has 0 amide bonds. The van der Waals surface area contributed by atoms with Crippen LogP contribution in [0.4, 0.5) is 11.6 Å². The summed E-state index contributed by atoms with van der Waals surface area (Å²) in [6, 6.07) is 17.7. The summed E-state index contributed by atoms with van der Waals surface area (Å²) in [6.07, 6.45) is 4.82. The molecule has 2 N–H and O–H groups in total. The first-order chi connectivity index (χ1) is 13.2. The van der Waals surface area contributed by atoms with Gasteiger partial charge < -0.3 is 10.4 Å². The third-order valence-electron chi connectivity index (χ3n) is 4.10. The number of aliphatic hydroxyl groups excluding tert-OH is 1. The maximum absolute atomic E-state index is 9.74. The summed E-state index contributed by atoms with van der Waals surface area (Å²) in [5, 5.41) is 13.0. The third kappa shape index (κ3) is 4.02. The van der Waals surface area contributed by atoms with E-state index in [1.54, 1.807) is 36.9 Å². The maximum atomic E-state index is 9.74. The molecule has 4 rings (SSSR count). The number of rotatable bonds is 5. The first-order valence-corrected chi connectivity index (χ1v) is 9.39. The predicted octanol–water partition coefficient (Wildman–Crippen LogP) is 5.06. The van der Waals surface area contributed by atoms with Crippen molar-refractivity contribution in [2.75, 3.05) is 5.32 Å². The molecule has 3 heterocycles. The molecule has 0 radical (unpaired) electrons. The number of aromatic nitrogens is 3. The number of aliphatic hydroxyl groups is 1. The molecule has 0 aliphatic carbocycles. The quantitative estimate of drug-likeness (QED) is 0.511. The lowest BCUT2D eigenvalue weighted by molar-refractivity contribution is 0.199. The molecule has 0 spiro atoms. The number of thiophene rings is 1. The van der Waals surface area contributed by atoms with Crippen LogP contribution in [-0.4, -0.2) is 20.1 Å². The van der Waals surface area contributed by atoms with Crippen molar-refractivity contribution in [3.05, 3.63) is 78.8 Å². The van der Waals surface area contributed by atoms with Crippen LogP contribution in [0, 0.1) is 0 Å². The fourth-order valence-electron chi connectivity index (χ4n) is 2.71. The Hall–Kier alpha value is -3.09. The van der Waals surface area contributed by atoms with Gasteiger partial charge in [0.05, 0.1) is 16.7 Å². The van der Waals surface area contributed by atoms with Crippen LogP contribution in [0.1, 0.15) is 18.6 Å². The average Bonchev–Trinajstić information content (AvgIpc) is 3.19. The number of pyridine rings is 1. The summed E-state index contributed by atoms with van der Waals surface area (Å²) in [5.74, 6) is 0.522. The molecule has 4 aromatic rings. The molecule has 0 saturated carbocycles. The number of anilines is 2. The Morgan fingerprint density at radius 1 is 0.963 bits per heavy atom. The number of benzene rings is 1. The highest BCUT2D eigenvalue weighted by molar-refractivity contribution is 7.18. The standard InChI is InChI=1S/C21H18N4OS/c1-14(26)16-3-2-4-17(13-16)24-21-23-12-9-18(25-21)20-6-5-19(27-20)15-7-10-22-11-8-15/h2-14,26H,1H3,(H,23,24,25). The normalized spacial score (nSPS) is 11.9. The Bertz CT molecular complexity index is 1050. The zero-order valence-electron chi connectivity index (χ0n) is 14.7. The second-order valence-electron chi connectivity index (χ2n) is 6.09. The van der Waals surface area contributed by atoms with E-state index < -0.39 is 6.10 Å². The Labute approximate surface area is 161 Å². The van der Waals surface area contributed by atoms with E-state index in [9.17, 15) is 5.11 Å². The highest BCUT2D eigenvalue weighted by atomic mass is 32.1. The van der Waals surface area contributed by atoms with Gasteiger partial charge in [-0.3, -0.25) is 4.98 Å². The van der Waals surface area contributed by atoms with E-state index in [1.165, 1.54) is 4.88 Å². The fraction of sp³-hybridized carbons (Fsp3) is 0.0952. The summed E-state index contributed by atoms with van der Waals surface area (Å²) < 4.78 is 0. The maximum Gasteiger partial charge on any atom is 0.227 e. The molecule has 0 saturated heterocycles. The molecule has 1 unspecified atom stereocenters. The summed E-state index contributed by atoms with van der Waals surface area (Å²) in [6.45, 7) is 1.74. The van der Waals surface area contributed by atoms with Crippen LogP contribution in [-0.2, 0) is 0 Å². The zero-order chi connectivity index (χ0) is 18.6. The molecule has 6 heteroatoms. The molecular formula is C21H18N4OS. The van der Waals surface area contributed by atoms with Gasteiger partial charge >= 0.3 is 0 Å². The van der Waals surface area contributed by atoms with Crippen LogP contribution in [0.15, 0.2) is 73.2 Å². The molecule has 0 bridgehead atoms. The zero-order valence-corrected chi connectivity index (χ0v) is 15.5. The molecule has 134 valence electrons. The summed E-state index contributed by atoms with van der Waals surface area (Å²) in [5.41, 5.74) is 3.69. The topological polar surface area (TPSA) is 70.9 Å². The van der Waals surface area contributed by atoms with Crippen molar-refractivity contribution in [2.24, 2.45) is 0 Å². The lowest BCUT2D eigenvalue weighted by Gasteiger charge is -2.09. The van der Waals surface area contributed by atoms with Gasteiger partial charge in [-0.25, -0.2) is 9.97 Å². The first-order valence-electron chi connectivity index (χ1n) is 8.58. The average molecular weight is 374 g/mol. The molecule has 3 aromatic heterocycles. The van der Waals surface area contributed by atoms with E-state index >= 15 is 0 Å². The Balaban J connectivity index is 1.58. The van der Waals surface area contributed by atoms with Crippen LogP contribution in [0.2, 0.25) is 0 Å². The Kier molecular flexibility index (Phi) is 4.91. The van der Waals surface area contributed by atoms with Gasteiger partial charge in [-0.15, -0.1) is 11.3 Å². The molecule has 0 fully saturated rings. The summed E-state index contributed by atoms with van der Waals surface area (Å²) in [7, 11) is 0. The molecule has 1 atom stereocenters. The van der Waals surface area contributed by atoms with Crippen molar-refractivity contribution in [1.82, 2.24) is 15.0 Å². The van der Waals surface area contributed by atoms with Crippen LogP contribution >= 0.6 is 11.3 Å². The van der Waals surface area contributed by atoms with Gasteiger partial charge in [0, 0.05) is 29.2 Å². The smallest absolute Gasteiger partial charge is 0.227 e. The number of nitrogens with zero attached hydrogens (tertiary/aromatic N) is 3. The fourth-order valence-corrected chi connectivity index (χ4v) is 3.69. The minimum atomic E-state index is -0.517. The van der Waals surface area contributed by atoms with Gasteiger partial charge in [-0.1, -0.05) is 12.1 Å². The molecule has 27 heavy (non-hydrogen) atoms. The number of nitrogens with one attached hydrogen (secondary N) is 1. The van der Waals surface area contributed by atoms with Gasteiger partial charge in [-0.05, 0) is 60.5 Å². The first kappa shape index (κ1) is 17.3. The van der Waals surface area contributed by atoms with E-state index in [0.29, 0.717) is 5.95 Å². The second kappa shape index (κ2) is 7.65. The van der Waals surface area contributed by atoms with Gasteiger partial charge in [-0.2, -0.15) is 0 Å². The predicted molar refractivity (Wildman–Crippen MR) is 109 cm³/mol. The van der Waals surface area contributed by atoms with Crippen molar-refractivity contribution < 1.29 is 5.11 Å². The van der Waals surface area contributed by atoms with Gasteiger partial charge in [0.25, 0.3) is 0 Å². The van der Waals surface area contributed by atoms with Crippen molar-refractivity contribution in [2.45, 2.75) is 13.0 Å².